The van der Waals surface area contributed by atoms with Gasteiger partial charge in [-0.25, -0.2) is 8.42 Å². The number of hydrogen-bond acceptors (Lipinski definition) is 7. The first kappa shape index (κ1) is 24.9. The monoisotopic (exact) mass is 515 g/mol. The molecule has 2 heterocycles. The maximum absolute atomic E-state index is 13.3. The van der Waals surface area contributed by atoms with Crippen molar-refractivity contribution >= 4 is 44.4 Å². The molecule has 2 fully saturated rings. The molecule has 184 valence electrons. The van der Waals surface area contributed by atoms with E-state index in [1.54, 1.807) is 11.8 Å². The van der Waals surface area contributed by atoms with Gasteiger partial charge in [0, 0.05) is 24.5 Å². The number of nitrogens with zero attached hydrogens (tertiary/aromatic N) is 2. The van der Waals surface area contributed by atoms with E-state index in [1.165, 1.54) is 33.6 Å². The molecule has 2 aromatic rings. The molecule has 0 saturated carbocycles. The number of rotatable bonds is 7. The molecule has 2 aliphatic heterocycles. The van der Waals surface area contributed by atoms with Crippen LogP contribution in [0.5, 0.6) is 0 Å². The fourth-order valence-electron chi connectivity index (χ4n) is 4.58. The smallest absolute Gasteiger partial charge is 0.338 e. The first-order valence-electron chi connectivity index (χ1n) is 11.1. The second-order valence-electron chi connectivity index (χ2n) is 8.39. The Balaban J connectivity index is 1.43. The zero-order chi connectivity index (χ0) is 25.2. The van der Waals surface area contributed by atoms with Gasteiger partial charge in [0.05, 0.1) is 23.0 Å². The Kier molecular flexibility index (Phi) is 7.27. The van der Waals surface area contributed by atoms with Gasteiger partial charge in [-0.3, -0.25) is 19.2 Å². The number of amides is 3. The van der Waals surface area contributed by atoms with E-state index in [4.69, 9.17) is 5.73 Å². The van der Waals surface area contributed by atoms with E-state index in [0.29, 0.717) is 18.7 Å². The van der Waals surface area contributed by atoms with Crippen LogP contribution in [0.3, 0.4) is 0 Å². The van der Waals surface area contributed by atoms with Crippen LogP contribution >= 0.6 is 11.8 Å². The summed E-state index contributed by atoms with van der Waals surface area (Å²) < 4.78 is 24.7. The molecule has 2 N–H and O–H groups in total. The maximum Gasteiger partial charge on any atom is 0.338 e. The molecule has 2 aromatic carbocycles. The van der Waals surface area contributed by atoms with Gasteiger partial charge < -0.3 is 15.5 Å². The van der Waals surface area contributed by atoms with Crippen molar-refractivity contribution in [3.05, 3.63) is 65.7 Å². The number of primary amides is 1. The number of fused-ring (bicyclic) bond motifs is 1. The minimum absolute atomic E-state index is 0.141. The Labute approximate surface area is 207 Å². The van der Waals surface area contributed by atoms with Crippen molar-refractivity contribution in [1.82, 2.24) is 9.80 Å². The standard InChI is InChI=1S/C24H25N3O6S2/c25-24(31)35(32,33)20-9-5-4-8-17(20)23(30)27-14-19(28)22-18(27)10-12-26(22)21(29)11-13-34-15-16-6-2-1-3-7-16/h1-9,18,22H,10-15H2,(H2,25,31). The van der Waals surface area contributed by atoms with Gasteiger partial charge in [-0.15, -0.1) is 0 Å². The summed E-state index contributed by atoms with van der Waals surface area (Å²) in [6.07, 6.45) is 0.692. The van der Waals surface area contributed by atoms with Gasteiger partial charge in [0.1, 0.15) is 6.04 Å². The molecule has 0 aromatic heterocycles. The second-order valence-corrected chi connectivity index (χ2v) is 11.3. The summed E-state index contributed by atoms with van der Waals surface area (Å²) in [6.45, 7) is 0.111. The second kappa shape index (κ2) is 10.2. The van der Waals surface area contributed by atoms with E-state index in [2.05, 4.69) is 0 Å². The Bertz CT molecular complexity index is 1270. The number of thioether (sulfide) groups is 1. The van der Waals surface area contributed by atoms with E-state index < -0.39 is 38.0 Å². The molecule has 35 heavy (non-hydrogen) atoms. The minimum Gasteiger partial charge on any atom is -0.356 e. The molecular weight excluding hydrogens is 490 g/mol. The summed E-state index contributed by atoms with van der Waals surface area (Å²) in [5.74, 6) is 0.309. The molecule has 0 spiro atoms. The summed E-state index contributed by atoms with van der Waals surface area (Å²) in [6, 6.07) is 13.9. The van der Waals surface area contributed by atoms with Crippen LogP contribution in [0.4, 0.5) is 4.79 Å². The van der Waals surface area contributed by atoms with Gasteiger partial charge in [-0.05, 0) is 24.1 Å². The van der Waals surface area contributed by atoms with Gasteiger partial charge in [-0.2, -0.15) is 11.8 Å². The lowest BCUT2D eigenvalue weighted by atomic mass is 10.1. The van der Waals surface area contributed by atoms with Crippen molar-refractivity contribution in [2.24, 2.45) is 5.73 Å². The Hall–Kier alpha value is -3.18. The van der Waals surface area contributed by atoms with Crippen molar-refractivity contribution in [1.29, 1.82) is 0 Å². The Morgan fingerprint density at radius 2 is 1.69 bits per heavy atom. The molecular formula is C24H25N3O6S2. The zero-order valence-electron chi connectivity index (χ0n) is 18.8. The molecule has 3 amide bonds. The summed E-state index contributed by atoms with van der Waals surface area (Å²) in [7, 11) is -4.54. The topological polar surface area (TPSA) is 135 Å². The maximum atomic E-state index is 13.3. The van der Waals surface area contributed by atoms with E-state index >= 15 is 0 Å². The summed E-state index contributed by atoms with van der Waals surface area (Å²) >= 11 is 1.64. The molecule has 2 atom stereocenters. The third kappa shape index (κ3) is 4.96. The van der Waals surface area contributed by atoms with Crippen LogP contribution in [0, 0.1) is 0 Å². The molecule has 2 aliphatic rings. The molecule has 0 aliphatic carbocycles. The molecule has 11 heteroatoms. The van der Waals surface area contributed by atoms with Crippen LogP contribution in [0.15, 0.2) is 59.5 Å². The largest absolute Gasteiger partial charge is 0.356 e. The lowest BCUT2D eigenvalue weighted by Gasteiger charge is -2.25. The number of sulfone groups is 1. The SMILES string of the molecule is NC(=O)S(=O)(=O)c1ccccc1C(=O)N1CC(=O)C2C1CCN2C(=O)CCSCc1ccccc1. The highest BCUT2D eigenvalue weighted by Gasteiger charge is 2.51. The highest BCUT2D eigenvalue weighted by molar-refractivity contribution is 8.06. The zero-order valence-corrected chi connectivity index (χ0v) is 20.5. The van der Waals surface area contributed by atoms with Crippen LogP contribution in [0.1, 0.15) is 28.8 Å². The summed E-state index contributed by atoms with van der Waals surface area (Å²) in [5, 5.41) is -1.56. The average molecular weight is 516 g/mol. The van der Waals surface area contributed by atoms with Crippen LogP contribution < -0.4 is 5.73 Å². The quantitative estimate of drug-likeness (QED) is 0.556. The van der Waals surface area contributed by atoms with Crippen molar-refractivity contribution in [3.8, 4) is 0 Å². The summed E-state index contributed by atoms with van der Waals surface area (Å²) in [5.41, 5.74) is 5.97. The van der Waals surface area contributed by atoms with Crippen molar-refractivity contribution < 1.29 is 27.6 Å². The number of hydrogen-bond donors (Lipinski definition) is 1. The molecule has 2 saturated heterocycles. The van der Waals surface area contributed by atoms with Gasteiger partial charge in [0.15, 0.2) is 5.78 Å². The fraction of sp³-hybridized carbons (Fsp3) is 0.333. The lowest BCUT2D eigenvalue weighted by Crippen LogP contribution is -2.43. The van der Waals surface area contributed by atoms with Gasteiger partial charge in [0.2, 0.25) is 5.91 Å². The van der Waals surface area contributed by atoms with Crippen LogP contribution in [0.25, 0.3) is 0 Å². The molecule has 4 rings (SSSR count). The van der Waals surface area contributed by atoms with Crippen molar-refractivity contribution in [3.63, 3.8) is 0 Å². The normalized spacial score (nSPS) is 19.6. The number of carbonyl (C=O) groups excluding carboxylic acids is 4. The fourth-order valence-corrected chi connectivity index (χ4v) is 6.39. The van der Waals surface area contributed by atoms with Gasteiger partial charge in [0.25, 0.3) is 15.7 Å². The van der Waals surface area contributed by atoms with Crippen LogP contribution in [-0.4, -0.2) is 72.0 Å². The van der Waals surface area contributed by atoms with Gasteiger partial charge in [-0.1, -0.05) is 42.5 Å². The number of carbonyl (C=O) groups is 4. The van der Waals surface area contributed by atoms with E-state index in [-0.39, 0.29) is 30.2 Å². The first-order chi connectivity index (χ1) is 16.7. The minimum atomic E-state index is -4.54. The summed E-state index contributed by atoms with van der Waals surface area (Å²) in [4.78, 5) is 52.8. The number of likely N-dealkylation sites (tertiary alicyclic amines) is 2. The highest BCUT2D eigenvalue weighted by Crippen LogP contribution is 2.32. The van der Waals surface area contributed by atoms with Crippen LogP contribution in [0.2, 0.25) is 0 Å². The molecule has 0 bridgehead atoms. The predicted molar refractivity (Wildman–Crippen MR) is 130 cm³/mol. The number of benzene rings is 2. The molecule has 0 radical (unpaired) electrons. The third-order valence-electron chi connectivity index (χ3n) is 6.25. The number of ketones is 1. The predicted octanol–water partition coefficient (Wildman–Crippen LogP) is 1.86. The average Bonchev–Trinajstić information content (AvgIpc) is 3.43. The first-order valence-corrected chi connectivity index (χ1v) is 13.7. The number of Topliss-reactive ketones (excluding diaryl/α,β-unsaturated/α-hetero) is 1. The van der Waals surface area contributed by atoms with E-state index in [1.807, 2.05) is 30.3 Å². The Morgan fingerprint density at radius 3 is 2.40 bits per heavy atom. The van der Waals surface area contributed by atoms with Crippen LogP contribution in [-0.2, 0) is 25.2 Å². The van der Waals surface area contributed by atoms with E-state index in [9.17, 15) is 27.6 Å². The van der Waals surface area contributed by atoms with Gasteiger partial charge >= 0.3 is 5.24 Å². The third-order valence-corrected chi connectivity index (χ3v) is 8.74. The van der Waals surface area contributed by atoms with Crippen molar-refractivity contribution in [2.75, 3.05) is 18.8 Å². The van der Waals surface area contributed by atoms with Crippen molar-refractivity contribution in [2.45, 2.75) is 35.6 Å². The van der Waals surface area contributed by atoms with E-state index in [0.717, 1.165) is 11.8 Å². The number of nitrogens with two attached hydrogens (primary N) is 1. The Morgan fingerprint density at radius 1 is 1.00 bits per heavy atom. The highest BCUT2D eigenvalue weighted by atomic mass is 32.2. The lowest BCUT2D eigenvalue weighted by molar-refractivity contribution is -0.136. The molecule has 9 nitrogen and oxygen atoms in total. The molecule has 2 unspecified atom stereocenters.